The van der Waals surface area contributed by atoms with E-state index in [4.69, 9.17) is 0 Å². The summed E-state index contributed by atoms with van der Waals surface area (Å²) >= 11 is 0. The molecule has 656 valence electrons. The van der Waals surface area contributed by atoms with Crippen molar-refractivity contribution in [2.45, 2.75) is 428 Å². The van der Waals surface area contributed by atoms with Crippen LogP contribution in [0.2, 0.25) is 0 Å². The molecule has 12 aliphatic carbocycles. The quantitative estimate of drug-likeness (QED) is 0.0474. The second-order valence-electron chi connectivity index (χ2n) is 44.4. The van der Waals surface area contributed by atoms with Gasteiger partial charge in [-0.05, 0) is 358 Å². The van der Waals surface area contributed by atoms with Gasteiger partial charge in [-0.1, -0.05) is 256 Å². The van der Waals surface area contributed by atoms with Crippen LogP contribution in [-0.4, -0.2) is 88.7 Å². The van der Waals surface area contributed by atoms with Crippen LogP contribution >= 0.6 is 0 Å². The highest BCUT2D eigenvalue weighted by molar-refractivity contribution is 5.42. The van der Waals surface area contributed by atoms with Crippen molar-refractivity contribution in [1.29, 1.82) is 0 Å². The van der Waals surface area contributed by atoms with E-state index in [1.165, 1.54) is 202 Å². The van der Waals surface area contributed by atoms with Crippen LogP contribution in [0.4, 0.5) is 0 Å². The average molecular weight is 1600 g/mol. The molecule has 116 heavy (non-hydrogen) atoms. The maximum Gasteiger partial charge on any atom is 0.0811 e. The lowest BCUT2D eigenvalue weighted by Gasteiger charge is -2.44. The van der Waals surface area contributed by atoms with E-state index in [2.05, 4.69) is 158 Å². The molecule has 0 aromatic rings. The highest BCUT2D eigenvalue weighted by atomic mass is 16.3. The first kappa shape index (κ1) is 96.4. The van der Waals surface area contributed by atoms with Crippen molar-refractivity contribution in [3.8, 4) is 0 Å². The molecule has 8 nitrogen and oxygen atoms in total. The van der Waals surface area contributed by atoms with Crippen molar-refractivity contribution in [1.82, 2.24) is 0 Å². The van der Waals surface area contributed by atoms with Crippen molar-refractivity contribution in [3.63, 3.8) is 0 Å². The highest BCUT2D eigenvalue weighted by Gasteiger charge is 2.55. The van der Waals surface area contributed by atoms with Crippen LogP contribution in [0.25, 0.3) is 0 Å². The molecule has 0 unspecified atom stereocenters. The third kappa shape index (κ3) is 25.4. The van der Waals surface area contributed by atoms with Gasteiger partial charge in [0.05, 0.1) is 47.8 Å². The van der Waals surface area contributed by atoms with Gasteiger partial charge in [0.25, 0.3) is 0 Å². The van der Waals surface area contributed by atoms with Gasteiger partial charge in [-0.15, -0.1) is 0 Å². The summed E-state index contributed by atoms with van der Waals surface area (Å²) in [5.74, 6) is 10.9. The van der Waals surface area contributed by atoms with Crippen LogP contribution in [0.15, 0.2) is 142 Å². The van der Waals surface area contributed by atoms with Crippen LogP contribution in [0.1, 0.15) is 380 Å². The van der Waals surface area contributed by atoms with Crippen molar-refractivity contribution < 1.29 is 40.9 Å². The Balaban J connectivity index is 0.000000177. The van der Waals surface area contributed by atoms with E-state index >= 15 is 0 Å². The monoisotopic (exact) mass is 1600 g/mol. The van der Waals surface area contributed by atoms with E-state index < -0.39 is 35.6 Å². The van der Waals surface area contributed by atoms with E-state index in [1.54, 1.807) is 22.3 Å². The summed E-state index contributed by atoms with van der Waals surface area (Å²) in [4.78, 5) is 0. The fourth-order valence-electron chi connectivity index (χ4n) is 26.8. The molecule has 0 spiro atoms. The molecule has 0 bridgehead atoms. The van der Waals surface area contributed by atoms with Gasteiger partial charge in [0.15, 0.2) is 0 Å². The first-order chi connectivity index (χ1) is 54.6. The Kier molecular flexibility index (Phi) is 35.5. The van der Waals surface area contributed by atoms with E-state index in [-0.39, 0.29) is 12.2 Å². The fourth-order valence-corrected chi connectivity index (χ4v) is 26.8. The van der Waals surface area contributed by atoms with Gasteiger partial charge in [-0.2, -0.15) is 0 Å². The summed E-state index contributed by atoms with van der Waals surface area (Å²) in [5, 5.41) is 80.4. The molecule has 0 radical (unpaired) electrons. The van der Waals surface area contributed by atoms with Gasteiger partial charge in [0, 0.05) is 12.8 Å². The number of aliphatic hydroxyl groups excluding tert-OH is 6. The number of fused-ring (bicyclic) bond motifs is 4. The molecule has 0 saturated heterocycles. The van der Waals surface area contributed by atoms with Gasteiger partial charge in [0.2, 0.25) is 0 Å². The van der Waals surface area contributed by atoms with Crippen LogP contribution in [0, 0.1) is 105 Å². The molecular formula is C108H176O8. The minimum atomic E-state index is -0.615. The summed E-state index contributed by atoms with van der Waals surface area (Å²) in [5.41, 5.74) is 15.8. The average Bonchev–Trinajstić information content (AvgIpc) is 1.63. The molecule has 0 amide bonds. The summed E-state index contributed by atoms with van der Waals surface area (Å²) in [6, 6.07) is 0. The Morgan fingerprint density at radius 3 is 0.862 bits per heavy atom. The molecule has 12 saturated carbocycles. The molecule has 12 rings (SSSR count). The van der Waals surface area contributed by atoms with Crippen molar-refractivity contribution in [2.75, 3.05) is 0 Å². The maximum atomic E-state index is 10.1. The second-order valence-corrected chi connectivity index (χ2v) is 44.4. The first-order valence-electron chi connectivity index (χ1n) is 48.5. The van der Waals surface area contributed by atoms with Crippen molar-refractivity contribution >= 4 is 0 Å². The maximum absolute atomic E-state index is 10.1. The van der Waals surface area contributed by atoms with E-state index in [0.717, 1.165) is 152 Å². The van der Waals surface area contributed by atoms with Gasteiger partial charge in [-0.25, -0.2) is 0 Å². The minimum Gasteiger partial charge on any atom is -0.393 e. The summed E-state index contributed by atoms with van der Waals surface area (Å²) in [7, 11) is 0. The molecule has 12 aliphatic rings. The number of aliphatic hydroxyl groups is 8. The third-order valence-corrected chi connectivity index (χ3v) is 33.6. The van der Waals surface area contributed by atoms with Crippen LogP contribution in [0.3, 0.4) is 0 Å². The molecule has 22 atom stereocenters. The highest BCUT2D eigenvalue weighted by Crippen LogP contribution is 2.64. The number of rotatable bonds is 24. The number of allylic oxidation sites excluding steroid dienone is 14. The van der Waals surface area contributed by atoms with E-state index in [1.807, 2.05) is 27.7 Å². The SMILES string of the molecule is C=C1/C(=C\C=C2/CCC[C@]3(C)[C@@H]([C@@H](C)CCCC(C)(C)O)CC[C@@H]23)C[C@@H](O)C[C@@H]1O.C=C1/C(=C\C=C2/CCC[C@]3(C)[C@@H]([C@@H](C)CCCC(C)C)CC[C@@H]23)C[C@@H](O)C[C@@H]1O.C=C1CC[C@H](O)C/C1=C/C=C1\CCC[C@]2(C)[C@@H]([C@@H](C)CCCC(C)(C)O)CC[C@@H]12.C=C1CC[C@H](O)C/C1=C/C=C1\CCC[C@]2(C)[C@@H]([C@@H](C)CCCC(C)C)CC[C@@H]12. The Bertz CT molecular complexity index is 3490. The predicted octanol–water partition coefficient (Wildman–Crippen LogP) is 26.6. The molecule has 8 heteroatoms. The van der Waals surface area contributed by atoms with Crippen LogP contribution in [0.5, 0.6) is 0 Å². The zero-order chi connectivity index (χ0) is 84.8. The van der Waals surface area contributed by atoms with Crippen LogP contribution < -0.4 is 0 Å². The molecular weight excluding hydrogens is 1430 g/mol. The molecule has 12 fully saturated rings. The minimum absolute atomic E-state index is 0.172. The summed E-state index contributed by atoms with van der Waals surface area (Å²) in [6.07, 6.45) is 64.2. The largest absolute Gasteiger partial charge is 0.393 e. The normalized spacial score (nSPS) is 38.3. The Hall–Kier alpha value is -3.44. The molecule has 0 aromatic heterocycles. The van der Waals surface area contributed by atoms with E-state index in [0.29, 0.717) is 65.1 Å². The van der Waals surface area contributed by atoms with Crippen molar-refractivity contribution in [2.24, 2.45) is 105 Å². The predicted molar refractivity (Wildman–Crippen MR) is 490 cm³/mol. The lowest BCUT2D eigenvalue weighted by molar-refractivity contribution is 0.0590. The lowest BCUT2D eigenvalue weighted by atomic mass is 9.60. The fraction of sp³-hybridized carbons (Fsp3) is 0.778. The van der Waals surface area contributed by atoms with Gasteiger partial charge >= 0.3 is 0 Å². The topological polar surface area (TPSA) is 162 Å². The van der Waals surface area contributed by atoms with Gasteiger partial charge in [-0.3, -0.25) is 0 Å². The van der Waals surface area contributed by atoms with E-state index in [9.17, 15) is 40.9 Å². The zero-order valence-electron chi connectivity index (χ0n) is 77.3. The number of hydrogen-bond donors (Lipinski definition) is 8. The lowest BCUT2D eigenvalue weighted by Crippen LogP contribution is -2.36. The Labute approximate surface area is 711 Å². The molecule has 0 aromatic carbocycles. The summed E-state index contributed by atoms with van der Waals surface area (Å²) in [6.45, 7) is 53.8. The first-order valence-corrected chi connectivity index (χ1v) is 48.5. The Morgan fingerprint density at radius 2 is 0.595 bits per heavy atom. The second kappa shape index (κ2) is 42.8. The van der Waals surface area contributed by atoms with Crippen LogP contribution in [-0.2, 0) is 0 Å². The smallest absolute Gasteiger partial charge is 0.0811 e. The van der Waals surface area contributed by atoms with Crippen molar-refractivity contribution in [3.05, 3.63) is 142 Å². The Morgan fingerprint density at radius 1 is 0.336 bits per heavy atom. The standard InChI is InChI=1S/C27H44O3.2C27H44O2.C27H44O/c1-18(8-6-14-26(3,4)30)23-12-13-24-20(9-7-15-27(23,24)5)10-11-21-16-22(28)17-25(29)19(21)2;1-19-10-13-23(28)18-22(19)12-11-21-9-7-17-27(5)24(14-15-25(21)27)20(2)8-6-16-26(3,4)29;1-18(2)8-6-9-19(3)24-13-14-25-21(10-7-15-27(24,25)5)11-12-22-16-23(28)17-26(29)20(22)4;1-19(2)8-6-9-21(4)25-15-16-26-22(10-7-17-27(25,26)5)12-13-23-18-24(28)14-11-20(23)3/h10-11,18,22-25,28-30H,2,6-9,12-17H2,1,3-5H3;11-12,20,23-25,28-29H,1,6-10,13-18H2,2-5H3;11-12,18-19,23-26,28-29H,4,6-10,13-17H2,1-3,5H3;12-13,19,21,24-26,28H,3,6-11,14-18H2,1-2,4-5H3/b20-10+,21-11-;2*21-11+,22-12-;22-12+,23-13-/t18-,22+,23+,24-,25-,27+;20-,23-,24+,25-,27+;19-,23+,24+,25-,26-,27+;21-,24-,25+,26-,27+/m0000/s1. The zero-order valence-corrected chi connectivity index (χ0v) is 77.3. The molecule has 8 N–H and O–H groups in total. The van der Waals surface area contributed by atoms with Gasteiger partial charge in [0.1, 0.15) is 0 Å². The third-order valence-electron chi connectivity index (χ3n) is 33.6. The number of hydrogen-bond acceptors (Lipinski definition) is 8. The van der Waals surface area contributed by atoms with Gasteiger partial charge < -0.3 is 40.9 Å². The molecule has 0 heterocycles. The molecule has 0 aliphatic heterocycles. The summed E-state index contributed by atoms with van der Waals surface area (Å²) < 4.78 is 0.